The minimum atomic E-state index is -0.655. The van der Waals surface area contributed by atoms with Crippen LogP contribution in [0.2, 0.25) is 5.02 Å². The highest BCUT2D eigenvalue weighted by atomic mass is 35.5. The summed E-state index contributed by atoms with van der Waals surface area (Å²) in [6.45, 7) is 3.95. The van der Waals surface area contributed by atoms with Crippen LogP contribution in [0.15, 0.2) is 29.2 Å². The summed E-state index contributed by atoms with van der Waals surface area (Å²) in [7, 11) is 0. The molecule has 2 aromatic rings. The summed E-state index contributed by atoms with van der Waals surface area (Å²) in [4.78, 5) is 18.8. The van der Waals surface area contributed by atoms with E-state index in [0.717, 1.165) is 25.1 Å². The van der Waals surface area contributed by atoms with Gasteiger partial charge in [0.05, 0.1) is 16.3 Å². The van der Waals surface area contributed by atoms with Crippen molar-refractivity contribution in [1.82, 2.24) is 14.3 Å². The van der Waals surface area contributed by atoms with Crippen molar-refractivity contribution in [2.75, 3.05) is 13.1 Å². The van der Waals surface area contributed by atoms with Gasteiger partial charge in [-0.05, 0) is 38.4 Å². The fraction of sp³-hybridized carbons (Fsp3) is 0.467. The van der Waals surface area contributed by atoms with Gasteiger partial charge in [-0.1, -0.05) is 11.6 Å². The Morgan fingerprint density at radius 1 is 1.48 bits per heavy atom. The Balaban J connectivity index is 1.88. The predicted octanol–water partition coefficient (Wildman–Crippen LogP) is 1.69. The zero-order valence-electron chi connectivity index (χ0n) is 11.9. The second kappa shape index (κ2) is 5.40. The molecule has 2 aromatic heterocycles. The fourth-order valence-corrected chi connectivity index (χ4v) is 3.06. The lowest BCUT2D eigenvalue weighted by molar-refractivity contribution is -0.0184. The molecule has 1 saturated heterocycles. The number of aromatic nitrogens is 2. The zero-order valence-corrected chi connectivity index (χ0v) is 12.7. The molecule has 1 N–H and O–H groups in total. The number of nitrogens with zero attached hydrogens (tertiary/aromatic N) is 3. The number of hydrogen-bond donors (Lipinski definition) is 1. The van der Waals surface area contributed by atoms with E-state index in [-0.39, 0.29) is 5.56 Å². The predicted molar refractivity (Wildman–Crippen MR) is 81.6 cm³/mol. The van der Waals surface area contributed by atoms with Gasteiger partial charge in [-0.2, -0.15) is 0 Å². The molecule has 0 saturated carbocycles. The summed E-state index contributed by atoms with van der Waals surface area (Å²) in [6, 6.07) is 4.99. The summed E-state index contributed by atoms with van der Waals surface area (Å²) in [5.74, 6) is 0. The normalized spacial score (nSPS) is 23.6. The van der Waals surface area contributed by atoms with Crippen molar-refractivity contribution < 1.29 is 5.11 Å². The Labute approximate surface area is 127 Å². The van der Waals surface area contributed by atoms with Crippen LogP contribution in [0.1, 0.15) is 25.5 Å². The Bertz CT molecular complexity index is 726. The average molecular weight is 308 g/mol. The maximum absolute atomic E-state index is 12.1. The lowest BCUT2D eigenvalue weighted by atomic mass is 9.95. The van der Waals surface area contributed by atoms with Crippen molar-refractivity contribution in [2.24, 2.45) is 0 Å². The molecule has 0 aliphatic carbocycles. The summed E-state index contributed by atoms with van der Waals surface area (Å²) >= 11 is 5.89. The third-order valence-corrected chi connectivity index (χ3v) is 4.04. The molecule has 0 bridgehead atoms. The van der Waals surface area contributed by atoms with Crippen molar-refractivity contribution in [3.8, 4) is 0 Å². The van der Waals surface area contributed by atoms with Crippen LogP contribution in [-0.4, -0.2) is 38.1 Å². The topological polar surface area (TPSA) is 57.8 Å². The Hall–Kier alpha value is -1.43. The number of piperidine rings is 1. The van der Waals surface area contributed by atoms with Gasteiger partial charge in [-0.3, -0.25) is 14.1 Å². The largest absolute Gasteiger partial charge is 0.389 e. The van der Waals surface area contributed by atoms with Crippen LogP contribution >= 0.6 is 11.6 Å². The van der Waals surface area contributed by atoms with Gasteiger partial charge in [-0.15, -0.1) is 0 Å². The number of hydrogen-bond acceptors (Lipinski definition) is 4. The number of aliphatic hydroxyl groups is 1. The second-order valence-electron chi connectivity index (χ2n) is 5.97. The quantitative estimate of drug-likeness (QED) is 0.917. The fourth-order valence-electron chi connectivity index (χ4n) is 2.89. The van der Waals surface area contributed by atoms with Crippen LogP contribution in [0.5, 0.6) is 0 Å². The SMILES string of the molecule is CC1(O)CCCN(Cc2cc(=O)n3cc(Cl)ccc3n2)C1. The first-order chi connectivity index (χ1) is 9.93. The first-order valence-corrected chi connectivity index (χ1v) is 7.43. The molecule has 3 rings (SSSR count). The maximum atomic E-state index is 12.1. The number of halogens is 1. The monoisotopic (exact) mass is 307 g/mol. The van der Waals surface area contributed by atoms with Crippen molar-refractivity contribution in [2.45, 2.75) is 31.9 Å². The molecule has 1 atom stereocenters. The lowest BCUT2D eigenvalue weighted by Crippen LogP contribution is -2.45. The minimum Gasteiger partial charge on any atom is -0.389 e. The molecule has 5 nitrogen and oxygen atoms in total. The summed E-state index contributed by atoms with van der Waals surface area (Å²) in [5.41, 5.74) is 0.518. The van der Waals surface area contributed by atoms with Gasteiger partial charge < -0.3 is 5.11 Å². The van der Waals surface area contributed by atoms with Gasteiger partial charge in [0.15, 0.2) is 0 Å². The van der Waals surface area contributed by atoms with Crippen LogP contribution in [-0.2, 0) is 6.54 Å². The van der Waals surface area contributed by atoms with E-state index >= 15 is 0 Å². The van der Waals surface area contributed by atoms with Crippen LogP contribution in [0.3, 0.4) is 0 Å². The van der Waals surface area contributed by atoms with E-state index in [2.05, 4.69) is 9.88 Å². The van der Waals surface area contributed by atoms with Crippen LogP contribution in [0.4, 0.5) is 0 Å². The van der Waals surface area contributed by atoms with Gasteiger partial charge in [0.25, 0.3) is 5.56 Å². The third kappa shape index (κ3) is 3.26. The van der Waals surface area contributed by atoms with Crippen molar-refractivity contribution >= 4 is 17.2 Å². The first kappa shape index (κ1) is 14.5. The van der Waals surface area contributed by atoms with E-state index < -0.39 is 5.60 Å². The average Bonchev–Trinajstić information content (AvgIpc) is 2.38. The smallest absolute Gasteiger partial charge is 0.258 e. The van der Waals surface area contributed by atoms with Gasteiger partial charge >= 0.3 is 0 Å². The molecule has 0 radical (unpaired) electrons. The highest BCUT2D eigenvalue weighted by molar-refractivity contribution is 6.30. The molecule has 1 unspecified atom stereocenters. The van der Waals surface area contributed by atoms with E-state index in [1.54, 1.807) is 18.3 Å². The lowest BCUT2D eigenvalue weighted by Gasteiger charge is -2.36. The zero-order chi connectivity index (χ0) is 15.0. The summed E-state index contributed by atoms with van der Waals surface area (Å²) in [5, 5.41) is 10.6. The molecular weight excluding hydrogens is 290 g/mol. The number of rotatable bonds is 2. The van der Waals surface area contributed by atoms with Crippen LogP contribution in [0, 0.1) is 0 Å². The molecule has 112 valence electrons. The van der Waals surface area contributed by atoms with E-state index in [9.17, 15) is 9.90 Å². The molecule has 1 fully saturated rings. The molecular formula is C15H18ClN3O2. The van der Waals surface area contributed by atoms with Gasteiger partial charge in [0.2, 0.25) is 0 Å². The van der Waals surface area contributed by atoms with Gasteiger partial charge in [0.1, 0.15) is 5.65 Å². The Morgan fingerprint density at radius 3 is 3.05 bits per heavy atom. The third-order valence-electron chi connectivity index (χ3n) is 3.82. The van der Waals surface area contributed by atoms with E-state index in [0.29, 0.717) is 23.8 Å². The maximum Gasteiger partial charge on any atom is 0.258 e. The van der Waals surface area contributed by atoms with E-state index in [1.807, 2.05) is 6.92 Å². The van der Waals surface area contributed by atoms with Crippen LogP contribution < -0.4 is 5.56 Å². The molecule has 21 heavy (non-hydrogen) atoms. The number of β-amino-alcohol motifs (C(OH)–C–C–N with tert-alkyl or cyclic N) is 1. The molecule has 0 spiro atoms. The highest BCUT2D eigenvalue weighted by Crippen LogP contribution is 2.21. The van der Waals surface area contributed by atoms with Crippen LogP contribution in [0.25, 0.3) is 5.65 Å². The molecule has 1 aliphatic rings. The number of likely N-dealkylation sites (tertiary alicyclic amines) is 1. The van der Waals surface area contributed by atoms with Gasteiger partial charge in [0, 0.05) is 25.4 Å². The summed E-state index contributed by atoms with van der Waals surface area (Å²) in [6.07, 6.45) is 3.34. The number of fused-ring (bicyclic) bond motifs is 1. The second-order valence-corrected chi connectivity index (χ2v) is 6.41. The first-order valence-electron chi connectivity index (χ1n) is 7.06. The van der Waals surface area contributed by atoms with E-state index in [1.165, 1.54) is 10.5 Å². The standard InChI is InChI=1S/C15H18ClN3O2/c1-15(21)5-2-6-18(10-15)9-12-7-14(20)19-8-11(16)3-4-13(19)17-12/h3-4,7-8,21H,2,5-6,9-10H2,1H3. The van der Waals surface area contributed by atoms with Crippen molar-refractivity contribution in [3.05, 3.63) is 45.5 Å². The summed E-state index contributed by atoms with van der Waals surface area (Å²) < 4.78 is 1.44. The molecule has 6 heteroatoms. The van der Waals surface area contributed by atoms with Crippen molar-refractivity contribution in [3.63, 3.8) is 0 Å². The number of pyridine rings is 1. The minimum absolute atomic E-state index is 0.138. The van der Waals surface area contributed by atoms with Gasteiger partial charge in [-0.25, -0.2) is 4.98 Å². The Kier molecular flexibility index (Phi) is 3.73. The molecule has 3 heterocycles. The highest BCUT2D eigenvalue weighted by Gasteiger charge is 2.28. The Morgan fingerprint density at radius 2 is 2.29 bits per heavy atom. The molecule has 0 amide bonds. The van der Waals surface area contributed by atoms with Crippen molar-refractivity contribution in [1.29, 1.82) is 0 Å². The molecule has 1 aliphatic heterocycles. The molecule has 0 aromatic carbocycles. The van der Waals surface area contributed by atoms with E-state index in [4.69, 9.17) is 11.6 Å².